The van der Waals surface area contributed by atoms with Gasteiger partial charge in [-0.15, -0.1) is 11.3 Å². The minimum Gasteiger partial charge on any atom is -0.244 e. The monoisotopic (exact) mass is 306 g/mol. The average Bonchev–Trinajstić information content (AvgIpc) is 3.27. The molecule has 0 fully saturated rings. The first-order chi connectivity index (χ1) is 10.9. The van der Waals surface area contributed by atoms with Gasteiger partial charge in [0.1, 0.15) is 5.69 Å². The van der Waals surface area contributed by atoms with E-state index in [1.54, 1.807) is 35.5 Å². The zero-order valence-electron chi connectivity index (χ0n) is 11.4. The molecule has 0 bridgehead atoms. The van der Waals surface area contributed by atoms with E-state index in [0.717, 1.165) is 22.1 Å². The van der Waals surface area contributed by atoms with Crippen LogP contribution in [-0.2, 0) is 0 Å². The molecule has 106 valence electrons. The van der Waals surface area contributed by atoms with Gasteiger partial charge >= 0.3 is 0 Å². The molecule has 4 rings (SSSR count). The molecule has 0 aliphatic heterocycles. The highest BCUT2D eigenvalue weighted by molar-refractivity contribution is 7.12. The molecule has 0 spiro atoms. The van der Waals surface area contributed by atoms with E-state index >= 15 is 0 Å². The van der Waals surface area contributed by atoms with E-state index in [-0.39, 0.29) is 0 Å². The van der Waals surface area contributed by atoms with Crippen LogP contribution in [0.4, 0.5) is 0 Å². The predicted molar refractivity (Wildman–Crippen MR) is 83.5 cm³/mol. The SMILES string of the molecule is c1cnc(-c2cccc(-c3cnn(-c4nccs4)c3)n2)nc1. The summed E-state index contributed by atoms with van der Waals surface area (Å²) in [5.41, 5.74) is 2.49. The summed E-state index contributed by atoms with van der Waals surface area (Å²) in [6, 6.07) is 7.56. The van der Waals surface area contributed by atoms with E-state index < -0.39 is 0 Å². The standard InChI is InChI=1S/C15H10N6S/c1-3-12(20-13(4-1)14-16-5-2-6-17-14)11-9-19-21(10-11)15-18-7-8-22-15/h1-10H. The van der Waals surface area contributed by atoms with Gasteiger partial charge in [-0.1, -0.05) is 6.07 Å². The number of hydrogen-bond donors (Lipinski definition) is 0. The molecule has 0 saturated carbocycles. The van der Waals surface area contributed by atoms with Crippen LogP contribution < -0.4 is 0 Å². The highest BCUT2D eigenvalue weighted by Gasteiger charge is 2.08. The lowest BCUT2D eigenvalue weighted by Crippen LogP contribution is -1.92. The molecule has 0 aliphatic carbocycles. The minimum absolute atomic E-state index is 0.608. The second-order valence-corrected chi connectivity index (χ2v) is 5.34. The zero-order valence-corrected chi connectivity index (χ0v) is 12.2. The topological polar surface area (TPSA) is 69.4 Å². The van der Waals surface area contributed by atoms with Gasteiger partial charge in [-0.2, -0.15) is 5.10 Å². The first-order valence-corrected chi connectivity index (χ1v) is 7.47. The van der Waals surface area contributed by atoms with Gasteiger partial charge in [0, 0.05) is 35.7 Å². The summed E-state index contributed by atoms with van der Waals surface area (Å²) in [6.45, 7) is 0. The fourth-order valence-electron chi connectivity index (χ4n) is 2.04. The Kier molecular flexibility index (Phi) is 3.17. The Morgan fingerprint density at radius 1 is 0.909 bits per heavy atom. The Morgan fingerprint density at radius 2 is 1.77 bits per heavy atom. The summed E-state index contributed by atoms with van der Waals surface area (Å²) in [6.07, 6.45) is 8.86. The molecule has 4 aromatic heterocycles. The number of thiazole rings is 1. The Morgan fingerprint density at radius 3 is 2.59 bits per heavy atom. The van der Waals surface area contributed by atoms with Crippen LogP contribution in [0.15, 0.2) is 60.6 Å². The maximum Gasteiger partial charge on any atom is 0.210 e. The molecule has 0 saturated heterocycles. The van der Waals surface area contributed by atoms with Crippen molar-refractivity contribution in [1.82, 2.24) is 29.7 Å². The average molecular weight is 306 g/mol. The lowest BCUT2D eigenvalue weighted by atomic mass is 10.2. The first kappa shape index (κ1) is 12.8. The fourth-order valence-corrected chi connectivity index (χ4v) is 2.61. The Balaban J connectivity index is 1.72. The van der Waals surface area contributed by atoms with Gasteiger partial charge < -0.3 is 0 Å². The van der Waals surface area contributed by atoms with Crippen molar-refractivity contribution >= 4 is 11.3 Å². The van der Waals surface area contributed by atoms with Crippen LogP contribution >= 0.6 is 11.3 Å². The quantitative estimate of drug-likeness (QED) is 0.582. The van der Waals surface area contributed by atoms with Gasteiger partial charge in [-0.05, 0) is 18.2 Å². The van der Waals surface area contributed by atoms with Gasteiger partial charge in [0.05, 0.1) is 11.9 Å². The van der Waals surface area contributed by atoms with E-state index in [1.807, 2.05) is 29.8 Å². The summed E-state index contributed by atoms with van der Waals surface area (Å²) in [4.78, 5) is 17.3. The molecule has 0 atom stereocenters. The van der Waals surface area contributed by atoms with Crippen LogP contribution in [0.1, 0.15) is 0 Å². The summed E-state index contributed by atoms with van der Waals surface area (Å²) < 4.78 is 1.74. The molecular weight excluding hydrogens is 296 g/mol. The third-order valence-electron chi connectivity index (χ3n) is 3.04. The molecule has 22 heavy (non-hydrogen) atoms. The van der Waals surface area contributed by atoms with E-state index in [9.17, 15) is 0 Å². The maximum absolute atomic E-state index is 4.61. The van der Waals surface area contributed by atoms with Crippen molar-refractivity contribution in [3.63, 3.8) is 0 Å². The summed E-state index contributed by atoms with van der Waals surface area (Å²) in [5.74, 6) is 0.608. The maximum atomic E-state index is 4.61. The van der Waals surface area contributed by atoms with Crippen LogP contribution in [0.5, 0.6) is 0 Å². The van der Waals surface area contributed by atoms with Crippen molar-refractivity contribution in [3.8, 4) is 27.9 Å². The van der Waals surface area contributed by atoms with Crippen molar-refractivity contribution < 1.29 is 0 Å². The third-order valence-corrected chi connectivity index (χ3v) is 3.80. The van der Waals surface area contributed by atoms with E-state index in [4.69, 9.17) is 0 Å². The molecule has 4 aromatic rings. The molecule has 4 heterocycles. The van der Waals surface area contributed by atoms with Crippen LogP contribution in [0, 0.1) is 0 Å². The normalized spacial score (nSPS) is 10.7. The molecule has 6 nitrogen and oxygen atoms in total. The number of nitrogens with zero attached hydrogens (tertiary/aromatic N) is 6. The second-order valence-electron chi connectivity index (χ2n) is 4.47. The Bertz CT molecular complexity index is 885. The number of pyridine rings is 1. The smallest absolute Gasteiger partial charge is 0.210 e. The number of rotatable bonds is 3. The van der Waals surface area contributed by atoms with Crippen molar-refractivity contribution in [2.24, 2.45) is 0 Å². The van der Waals surface area contributed by atoms with Gasteiger partial charge in [-0.25, -0.2) is 24.6 Å². The molecule has 0 N–H and O–H groups in total. The zero-order chi connectivity index (χ0) is 14.8. The summed E-state index contributed by atoms with van der Waals surface area (Å²) in [7, 11) is 0. The van der Waals surface area contributed by atoms with Crippen LogP contribution in [-0.4, -0.2) is 29.7 Å². The van der Waals surface area contributed by atoms with E-state index in [1.165, 1.54) is 11.3 Å². The highest BCUT2D eigenvalue weighted by Crippen LogP contribution is 2.21. The van der Waals surface area contributed by atoms with E-state index in [2.05, 4.69) is 25.0 Å². The molecule has 0 radical (unpaired) electrons. The Hall–Kier alpha value is -2.93. The fraction of sp³-hybridized carbons (Fsp3) is 0. The van der Waals surface area contributed by atoms with Crippen molar-refractivity contribution in [2.45, 2.75) is 0 Å². The third kappa shape index (κ3) is 2.38. The minimum atomic E-state index is 0.608. The second kappa shape index (κ2) is 5.45. The first-order valence-electron chi connectivity index (χ1n) is 6.59. The van der Waals surface area contributed by atoms with Gasteiger partial charge in [0.2, 0.25) is 5.13 Å². The number of hydrogen-bond acceptors (Lipinski definition) is 6. The molecule has 0 aliphatic rings. The molecule has 7 heteroatoms. The van der Waals surface area contributed by atoms with Crippen molar-refractivity contribution in [2.75, 3.05) is 0 Å². The van der Waals surface area contributed by atoms with E-state index in [0.29, 0.717) is 5.82 Å². The molecule has 0 aromatic carbocycles. The van der Waals surface area contributed by atoms with Crippen molar-refractivity contribution in [3.05, 3.63) is 60.6 Å². The molecular formula is C15H10N6S. The lowest BCUT2D eigenvalue weighted by molar-refractivity contribution is 0.869. The summed E-state index contributed by atoms with van der Waals surface area (Å²) >= 11 is 1.53. The summed E-state index contributed by atoms with van der Waals surface area (Å²) in [5, 5.41) is 7.08. The lowest BCUT2D eigenvalue weighted by Gasteiger charge is -2.01. The number of aromatic nitrogens is 6. The largest absolute Gasteiger partial charge is 0.244 e. The Labute approximate surface area is 130 Å². The van der Waals surface area contributed by atoms with Crippen LogP contribution in [0.2, 0.25) is 0 Å². The molecule has 0 amide bonds. The van der Waals surface area contributed by atoms with Crippen molar-refractivity contribution in [1.29, 1.82) is 0 Å². The predicted octanol–water partition coefficient (Wildman–Crippen LogP) is 2.85. The highest BCUT2D eigenvalue weighted by atomic mass is 32.1. The van der Waals surface area contributed by atoms with Gasteiger partial charge in [-0.3, -0.25) is 0 Å². The van der Waals surface area contributed by atoms with Crippen LogP contribution in [0.25, 0.3) is 27.9 Å². The molecule has 0 unspecified atom stereocenters. The van der Waals surface area contributed by atoms with Gasteiger partial charge in [0.25, 0.3) is 0 Å². The van der Waals surface area contributed by atoms with Gasteiger partial charge in [0.15, 0.2) is 5.82 Å². The van der Waals surface area contributed by atoms with Crippen LogP contribution in [0.3, 0.4) is 0 Å².